The first-order valence-corrected chi connectivity index (χ1v) is 10.3. The monoisotopic (exact) mass is 444 g/mol. The molecule has 4 rings (SSSR count). The lowest BCUT2D eigenvalue weighted by Gasteiger charge is -2.38. The van der Waals surface area contributed by atoms with Gasteiger partial charge in [-0.25, -0.2) is 4.98 Å². The number of fused-ring (bicyclic) bond motifs is 1. The van der Waals surface area contributed by atoms with Crippen LogP contribution in [0.2, 0.25) is 10.0 Å². The van der Waals surface area contributed by atoms with Gasteiger partial charge in [-0.3, -0.25) is 19.2 Å². The number of anilines is 2. The van der Waals surface area contributed by atoms with Gasteiger partial charge in [0.1, 0.15) is 5.75 Å². The highest BCUT2D eigenvalue weighted by atomic mass is 35.5. The standard InChI is InChI=1S/C22H22Cl2N4O2/c1-14-15(2)25-22-27(19-9-8-17(23)10-18(19)24)12-26(13-28(22)21(14)29)11-16-6-4-5-7-20(16)30-3/h4-10H,11-13H2,1-3H3. The Bertz CT molecular complexity index is 1160. The number of para-hydroxylation sites is 1. The van der Waals surface area contributed by atoms with E-state index in [9.17, 15) is 4.79 Å². The molecule has 0 atom stereocenters. The molecule has 0 N–H and O–H groups in total. The fourth-order valence-corrected chi connectivity index (χ4v) is 4.15. The van der Waals surface area contributed by atoms with Gasteiger partial charge in [-0.15, -0.1) is 0 Å². The van der Waals surface area contributed by atoms with Crippen molar-refractivity contribution in [1.82, 2.24) is 14.5 Å². The van der Waals surface area contributed by atoms with Crippen molar-refractivity contribution in [3.8, 4) is 5.75 Å². The fourth-order valence-electron chi connectivity index (χ4n) is 3.64. The number of aryl methyl sites for hydroxylation is 1. The van der Waals surface area contributed by atoms with Crippen LogP contribution in [0.1, 0.15) is 16.8 Å². The van der Waals surface area contributed by atoms with Gasteiger partial charge in [-0.2, -0.15) is 0 Å². The highest BCUT2D eigenvalue weighted by molar-refractivity contribution is 6.36. The lowest BCUT2D eigenvalue weighted by Crippen LogP contribution is -2.47. The Morgan fingerprint density at radius 3 is 2.60 bits per heavy atom. The zero-order chi connectivity index (χ0) is 21.4. The average Bonchev–Trinajstić information content (AvgIpc) is 2.73. The minimum atomic E-state index is -0.0580. The number of ether oxygens (including phenoxy) is 1. The van der Waals surface area contributed by atoms with Crippen molar-refractivity contribution in [2.45, 2.75) is 27.1 Å². The van der Waals surface area contributed by atoms with Gasteiger partial charge in [-0.05, 0) is 38.1 Å². The van der Waals surface area contributed by atoms with Crippen LogP contribution in [0.4, 0.5) is 11.6 Å². The Morgan fingerprint density at radius 2 is 1.87 bits per heavy atom. The first-order chi connectivity index (χ1) is 14.4. The molecule has 0 radical (unpaired) electrons. The van der Waals surface area contributed by atoms with Crippen molar-refractivity contribution in [3.63, 3.8) is 0 Å². The summed E-state index contributed by atoms with van der Waals surface area (Å²) in [6.07, 6.45) is 0. The largest absolute Gasteiger partial charge is 0.496 e. The van der Waals surface area contributed by atoms with Crippen LogP contribution in [0.5, 0.6) is 5.75 Å². The molecule has 0 saturated heterocycles. The molecule has 1 aliphatic rings. The third kappa shape index (κ3) is 3.78. The predicted octanol–water partition coefficient (Wildman–Crippen LogP) is 4.74. The molecule has 1 aromatic heterocycles. The van der Waals surface area contributed by atoms with E-state index < -0.39 is 0 Å². The van der Waals surface area contributed by atoms with Gasteiger partial charge in [0.2, 0.25) is 5.95 Å². The van der Waals surface area contributed by atoms with Gasteiger partial charge in [0, 0.05) is 28.4 Å². The summed E-state index contributed by atoms with van der Waals surface area (Å²) in [6, 6.07) is 13.2. The van der Waals surface area contributed by atoms with Crippen LogP contribution in [-0.2, 0) is 13.2 Å². The number of benzene rings is 2. The van der Waals surface area contributed by atoms with E-state index in [-0.39, 0.29) is 5.56 Å². The van der Waals surface area contributed by atoms with E-state index in [1.807, 2.05) is 42.2 Å². The summed E-state index contributed by atoms with van der Waals surface area (Å²) in [5.41, 5.74) is 3.07. The Labute approximate surface area is 185 Å². The van der Waals surface area contributed by atoms with Crippen molar-refractivity contribution in [1.29, 1.82) is 0 Å². The van der Waals surface area contributed by atoms with Crippen molar-refractivity contribution < 1.29 is 4.74 Å². The smallest absolute Gasteiger partial charge is 0.259 e. The van der Waals surface area contributed by atoms with E-state index >= 15 is 0 Å². The highest BCUT2D eigenvalue weighted by Gasteiger charge is 2.28. The normalized spacial score (nSPS) is 14.0. The molecule has 0 fully saturated rings. The molecular weight excluding hydrogens is 423 g/mol. The fraction of sp³-hybridized carbons (Fsp3) is 0.273. The molecular formula is C22H22Cl2N4O2. The summed E-state index contributed by atoms with van der Waals surface area (Å²) in [5.74, 6) is 1.38. The molecule has 0 aliphatic carbocycles. The molecule has 0 unspecified atom stereocenters. The molecule has 0 amide bonds. The third-order valence-corrected chi connectivity index (χ3v) is 5.87. The summed E-state index contributed by atoms with van der Waals surface area (Å²) in [6.45, 7) is 5.18. The summed E-state index contributed by atoms with van der Waals surface area (Å²) >= 11 is 12.6. The summed E-state index contributed by atoms with van der Waals surface area (Å²) in [5, 5.41) is 1.05. The van der Waals surface area contributed by atoms with E-state index in [4.69, 9.17) is 32.9 Å². The van der Waals surface area contributed by atoms with Crippen LogP contribution in [-0.4, -0.2) is 28.2 Å². The lowest BCUT2D eigenvalue weighted by molar-refractivity contribution is 0.187. The zero-order valence-electron chi connectivity index (χ0n) is 17.0. The maximum absolute atomic E-state index is 13.1. The van der Waals surface area contributed by atoms with Crippen molar-refractivity contribution in [2.75, 3.05) is 18.7 Å². The minimum Gasteiger partial charge on any atom is -0.496 e. The van der Waals surface area contributed by atoms with E-state index in [2.05, 4.69) is 4.90 Å². The summed E-state index contributed by atoms with van der Waals surface area (Å²) in [4.78, 5) is 21.9. The zero-order valence-corrected chi connectivity index (χ0v) is 18.5. The van der Waals surface area contributed by atoms with Gasteiger partial charge in [0.25, 0.3) is 5.56 Å². The molecule has 156 valence electrons. The Morgan fingerprint density at radius 1 is 1.10 bits per heavy atom. The first-order valence-electron chi connectivity index (χ1n) is 9.54. The van der Waals surface area contributed by atoms with Crippen LogP contribution in [0.3, 0.4) is 0 Å². The average molecular weight is 445 g/mol. The van der Waals surface area contributed by atoms with Crippen LogP contribution in [0, 0.1) is 13.8 Å². The molecule has 8 heteroatoms. The molecule has 3 aromatic rings. The molecule has 1 aliphatic heterocycles. The molecule has 0 saturated carbocycles. The Kier molecular flexibility index (Phi) is 5.73. The van der Waals surface area contributed by atoms with Gasteiger partial charge < -0.3 is 4.74 Å². The quantitative estimate of drug-likeness (QED) is 0.581. The molecule has 6 nitrogen and oxygen atoms in total. The highest BCUT2D eigenvalue weighted by Crippen LogP contribution is 2.35. The second-order valence-electron chi connectivity index (χ2n) is 7.30. The van der Waals surface area contributed by atoms with Crippen molar-refractivity contribution in [2.24, 2.45) is 0 Å². The molecule has 2 heterocycles. The van der Waals surface area contributed by atoms with Crippen LogP contribution >= 0.6 is 23.2 Å². The topological polar surface area (TPSA) is 50.6 Å². The van der Waals surface area contributed by atoms with E-state index in [0.717, 1.165) is 17.0 Å². The number of methoxy groups -OCH3 is 1. The Hall–Kier alpha value is -2.54. The second kappa shape index (κ2) is 8.30. The van der Waals surface area contributed by atoms with Crippen LogP contribution in [0.15, 0.2) is 47.3 Å². The molecule has 0 bridgehead atoms. The maximum Gasteiger partial charge on any atom is 0.259 e. The van der Waals surface area contributed by atoms with Gasteiger partial charge >= 0.3 is 0 Å². The Balaban J connectivity index is 1.80. The number of hydrogen-bond acceptors (Lipinski definition) is 5. The number of halogens is 2. The van der Waals surface area contributed by atoms with Crippen LogP contribution < -0.4 is 15.2 Å². The number of aromatic nitrogens is 2. The summed E-state index contributed by atoms with van der Waals surface area (Å²) < 4.78 is 7.19. The minimum absolute atomic E-state index is 0.0580. The van der Waals surface area contributed by atoms with E-state index in [1.54, 1.807) is 30.7 Å². The second-order valence-corrected chi connectivity index (χ2v) is 8.15. The van der Waals surface area contributed by atoms with E-state index in [1.165, 1.54) is 0 Å². The third-order valence-electron chi connectivity index (χ3n) is 5.33. The van der Waals surface area contributed by atoms with E-state index in [0.29, 0.717) is 47.1 Å². The van der Waals surface area contributed by atoms with Crippen molar-refractivity contribution >= 4 is 34.8 Å². The number of rotatable bonds is 4. The lowest BCUT2D eigenvalue weighted by atomic mass is 10.2. The first kappa shape index (κ1) is 20.7. The van der Waals surface area contributed by atoms with Crippen LogP contribution in [0.25, 0.3) is 0 Å². The van der Waals surface area contributed by atoms with Gasteiger partial charge in [-0.1, -0.05) is 41.4 Å². The molecule has 30 heavy (non-hydrogen) atoms. The SMILES string of the molecule is COc1ccccc1CN1CN(c2ccc(Cl)cc2Cl)c2nc(C)c(C)c(=O)n2C1. The predicted molar refractivity (Wildman–Crippen MR) is 120 cm³/mol. The maximum atomic E-state index is 13.1. The molecule has 2 aromatic carbocycles. The molecule has 0 spiro atoms. The number of hydrogen-bond donors (Lipinski definition) is 0. The summed E-state index contributed by atoms with van der Waals surface area (Å²) in [7, 11) is 1.66. The van der Waals surface area contributed by atoms with Gasteiger partial charge in [0.05, 0.1) is 31.2 Å². The van der Waals surface area contributed by atoms with Crippen molar-refractivity contribution in [3.05, 3.63) is 79.7 Å². The number of nitrogens with zero attached hydrogens (tertiary/aromatic N) is 4. The van der Waals surface area contributed by atoms with Gasteiger partial charge in [0.15, 0.2) is 0 Å².